The summed E-state index contributed by atoms with van der Waals surface area (Å²) in [5.74, 6) is 0.860. The lowest BCUT2D eigenvalue weighted by Crippen LogP contribution is -2.52. The van der Waals surface area contributed by atoms with E-state index in [2.05, 4.69) is 46.3 Å². The Hall–Kier alpha value is -1.79. The topological polar surface area (TPSA) is 40.6 Å². The van der Waals surface area contributed by atoms with Gasteiger partial charge in [-0.3, -0.25) is 9.59 Å². The van der Waals surface area contributed by atoms with Crippen molar-refractivity contribution < 1.29 is 9.59 Å². The van der Waals surface area contributed by atoms with Crippen molar-refractivity contribution in [3.63, 3.8) is 0 Å². The van der Waals surface area contributed by atoms with E-state index in [0.29, 0.717) is 18.7 Å². The van der Waals surface area contributed by atoms with Gasteiger partial charge in [-0.1, -0.05) is 52.3 Å². The van der Waals surface area contributed by atoms with E-state index in [4.69, 9.17) is 0 Å². The van der Waals surface area contributed by atoms with Crippen molar-refractivity contribution in [2.45, 2.75) is 36.7 Å². The Morgan fingerprint density at radius 3 is 2.61 bits per heavy atom. The van der Waals surface area contributed by atoms with Gasteiger partial charge in [-0.2, -0.15) is 0 Å². The van der Waals surface area contributed by atoms with Gasteiger partial charge in [0, 0.05) is 29.7 Å². The van der Waals surface area contributed by atoms with E-state index >= 15 is 0 Å². The number of carbonyl (C=O) groups is 2. The lowest BCUT2D eigenvalue weighted by molar-refractivity contribution is -0.144. The Kier molecular flexibility index (Phi) is 4.51. The molecule has 0 aliphatic carbocycles. The number of hydrogen-bond acceptors (Lipinski definition) is 3. The second kappa shape index (κ2) is 6.92. The van der Waals surface area contributed by atoms with Crippen LogP contribution in [0.15, 0.2) is 53.0 Å². The first kappa shape index (κ1) is 18.3. The number of rotatable bonds is 2. The molecule has 6 heteroatoms. The predicted molar refractivity (Wildman–Crippen MR) is 114 cm³/mol. The van der Waals surface area contributed by atoms with Gasteiger partial charge in [-0.15, -0.1) is 11.8 Å². The molecule has 4 nitrogen and oxygen atoms in total. The summed E-state index contributed by atoms with van der Waals surface area (Å²) in [7, 11) is 0. The smallest absolute Gasteiger partial charge is 0.246 e. The first-order chi connectivity index (χ1) is 13.6. The molecule has 3 aliphatic rings. The highest BCUT2D eigenvalue weighted by Gasteiger charge is 2.57. The predicted octanol–water partition coefficient (Wildman–Crippen LogP) is 3.92. The molecule has 0 bridgehead atoms. The van der Waals surface area contributed by atoms with Crippen molar-refractivity contribution >= 4 is 39.5 Å². The van der Waals surface area contributed by atoms with E-state index < -0.39 is 4.87 Å². The highest BCUT2D eigenvalue weighted by Crippen LogP contribution is 2.54. The number of carbonyl (C=O) groups excluding carboxylic acids is 2. The van der Waals surface area contributed by atoms with Crippen molar-refractivity contribution in [1.82, 2.24) is 9.80 Å². The third-order valence-corrected chi connectivity index (χ3v) is 8.28. The van der Waals surface area contributed by atoms with E-state index in [1.54, 1.807) is 11.8 Å². The molecule has 2 saturated heterocycles. The summed E-state index contributed by atoms with van der Waals surface area (Å²) >= 11 is 5.24. The first-order valence-corrected chi connectivity index (χ1v) is 11.4. The molecule has 0 unspecified atom stereocenters. The minimum atomic E-state index is -0.397. The fraction of sp³-hybridized carbons (Fsp3) is 0.364. The number of halogens is 1. The van der Waals surface area contributed by atoms with E-state index in [9.17, 15) is 9.59 Å². The maximum atomic E-state index is 13.4. The number of amides is 2. The molecule has 2 amide bonds. The highest BCUT2D eigenvalue weighted by atomic mass is 79.9. The summed E-state index contributed by atoms with van der Waals surface area (Å²) in [5, 5.41) is 0. The molecular formula is C22H21BrN2O2S. The molecule has 0 aromatic heterocycles. The molecule has 0 N–H and O–H groups in total. The quantitative estimate of drug-likeness (QED) is 0.687. The monoisotopic (exact) mass is 456 g/mol. The number of fused-ring (bicyclic) bond motifs is 2. The molecule has 2 aromatic rings. The van der Waals surface area contributed by atoms with Crippen LogP contribution >= 0.6 is 27.7 Å². The van der Waals surface area contributed by atoms with Gasteiger partial charge >= 0.3 is 0 Å². The van der Waals surface area contributed by atoms with Crippen LogP contribution in [0, 0.1) is 0 Å². The number of benzene rings is 2. The number of thioether (sulfide) groups is 1. The molecular weight excluding hydrogens is 436 g/mol. The molecule has 2 atom stereocenters. The molecule has 144 valence electrons. The summed E-state index contributed by atoms with van der Waals surface area (Å²) in [6.45, 7) is 1.37. The standard InChI is InChI=1S/C22H21BrN2O2S/c23-18-7-5-17(6-8-18)22-11-9-20(26)25(22)19(14-28-22)21(27)24-12-10-15-3-1-2-4-16(15)13-24/h1-8,19H,9-14H2/t19-,22+/m0/s1. The van der Waals surface area contributed by atoms with Gasteiger partial charge < -0.3 is 9.80 Å². The van der Waals surface area contributed by atoms with Crippen LogP contribution in [0.1, 0.15) is 29.5 Å². The summed E-state index contributed by atoms with van der Waals surface area (Å²) in [4.78, 5) is 29.7. The minimum Gasteiger partial charge on any atom is -0.336 e. The summed E-state index contributed by atoms with van der Waals surface area (Å²) in [5.41, 5.74) is 3.67. The van der Waals surface area contributed by atoms with Crippen LogP contribution in [0.25, 0.3) is 0 Å². The zero-order chi connectivity index (χ0) is 19.3. The van der Waals surface area contributed by atoms with E-state index in [1.807, 2.05) is 28.0 Å². The fourth-order valence-corrected chi connectivity index (χ4v) is 6.64. The summed E-state index contributed by atoms with van der Waals surface area (Å²) in [6, 6.07) is 16.1. The lowest BCUT2D eigenvalue weighted by atomic mass is 9.99. The van der Waals surface area contributed by atoms with E-state index in [-0.39, 0.29) is 17.9 Å². The molecule has 3 aliphatic heterocycles. The van der Waals surface area contributed by atoms with Gasteiger partial charge in [-0.25, -0.2) is 0 Å². The fourth-order valence-electron chi connectivity index (χ4n) is 4.73. The van der Waals surface area contributed by atoms with Crippen LogP contribution in [0.2, 0.25) is 0 Å². The SMILES string of the molecule is O=C([C@@H]1CS[C@@]2(c3ccc(Br)cc3)CCC(=O)N12)N1CCc2ccccc2C1. The zero-order valence-electron chi connectivity index (χ0n) is 15.4. The zero-order valence-corrected chi connectivity index (χ0v) is 17.8. The maximum absolute atomic E-state index is 13.4. The second-order valence-corrected chi connectivity index (χ2v) is 9.87. The van der Waals surface area contributed by atoms with Gasteiger partial charge in [0.05, 0.1) is 0 Å². The molecule has 5 rings (SSSR count). The third-order valence-electron chi connectivity index (χ3n) is 6.15. The van der Waals surface area contributed by atoms with Gasteiger partial charge in [0.15, 0.2) is 0 Å². The van der Waals surface area contributed by atoms with Crippen molar-refractivity contribution in [1.29, 1.82) is 0 Å². The normalized spacial score (nSPS) is 26.3. The summed E-state index contributed by atoms with van der Waals surface area (Å²) in [6.07, 6.45) is 2.16. The van der Waals surface area contributed by atoms with Crippen LogP contribution in [0.5, 0.6) is 0 Å². The van der Waals surface area contributed by atoms with Crippen molar-refractivity contribution in [2.24, 2.45) is 0 Å². The van der Waals surface area contributed by atoms with Crippen LogP contribution in [-0.4, -0.2) is 40.0 Å². The van der Waals surface area contributed by atoms with E-state index in [1.165, 1.54) is 11.1 Å². The van der Waals surface area contributed by atoms with E-state index in [0.717, 1.165) is 29.4 Å². The minimum absolute atomic E-state index is 0.0937. The second-order valence-electron chi connectivity index (χ2n) is 7.66. The Bertz CT molecular complexity index is 948. The molecule has 0 spiro atoms. The van der Waals surface area contributed by atoms with Gasteiger partial charge in [-0.05, 0) is 41.7 Å². The number of hydrogen-bond donors (Lipinski definition) is 0. The Labute approximate surface area is 177 Å². The first-order valence-electron chi connectivity index (χ1n) is 9.66. The summed E-state index contributed by atoms with van der Waals surface area (Å²) < 4.78 is 1.02. The Balaban J connectivity index is 1.43. The largest absolute Gasteiger partial charge is 0.336 e. The lowest BCUT2D eigenvalue weighted by Gasteiger charge is -2.37. The van der Waals surface area contributed by atoms with Gasteiger partial charge in [0.2, 0.25) is 11.8 Å². The molecule has 3 heterocycles. The average Bonchev–Trinajstić information content (AvgIpc) is 3.27. The van der Waals surface area contributed by atoms with Crippen molar-refractivity contribution in [3.8, 4) is 0 Å². The van der Waals surface area contributed by atoms with Crippen LogP contribution in [0.4, 0.5) is 0 Å². The third kappa shape index (κ3) is 2.80. The van der Waals surface area contributed by atoms with Crippen molar-refractivity contribution in [2.75, 3.05) is 12.3 Å². The molecule has 2 aromatic carbocycles. The maximum Gasteiger partial charge on any atom is 0.246 e. The Morgan fingerprint density at radius 2 is 1.82 bits per heavy atom. The molecule has 2 fully saturated rings. The van der Waals surface area contributed by atoms with Gasteiger partial charge in [0.25, 0.3) is 0 Å². The average molecular weight is 457 g/mol. The Morgan fingerprint density at radius 1 is 1.07 bits per heavy atom. The van der Waals surface area contributed by atoms with Crippen LogP contribution in [0.3, 0.4) is 0 Å². The number of nitrogens with zero attached hydrogens (tertiary/aromatic N) is 2. The van der Waals surface area contributed by atoms with Gasteiger partial charge in [0.1, 0.15) is 10.9 Å². The van der Waals surface area contributed by atoms with Crippen LogP contribution < -0.4 is 0 Å². The van der Waals surface area contributed by atoms with Crippen LogP contribution in [-0.2, 0) is 27.4 Å². The molecule has 0 radical (unpaired) electrons. The highest BCUT2D eigenvalue weighted by molar-refractivity contribution is 9.10. The van der Waals surface area contributed by atoms with Crippen molar-refractivity contribution in [3.05, 3.63) is 69.7 Å². The molecule has 0 saturated carbocycles. The molecule has 28 heavy (non-hydrogen) atoms.